The summed E-state index contributed by atoms with van der Waals surface area (Å²) in [7, 11) is 0. The van der Waals surface area contributed by atoms with Crippen molar-refractivity contribution in [3.05, 3.63) is 76.4 Å². The smallest absolute Gasteiger partial charge is 0.255 e. The number of aliphatic hydroxyl groups excluding tert-OH is 1. The summed E-state index contributed by atoms with van der Waals surface area (Å²) in [6.07, 6.45) is 2.03. The summed E-state index contributed by atoms with van der Waals surface area (Å²) in [5.41, 5.74) is 3.99. The second-order valence-electron chi connectivity index (χ2n) is 6.22. The van der Waals surface area contributed by atoms with Crippen molar-refractivity contribution in [1.29, 1.82) is 0 Å². The molecule has 0 saturated heterocycles. The van der Waals surface area contributed by atoms with E-state index in [1.807, 2.05) is 43.3 Å². The van der Waals surface area contributed by atoms with Crippen LogP contribution >= 0.6 is 11.6 Å². The van der Waals surface area contributed by atoms with Crippen molar-refractivity contribution in [2.75, 3.05) is 6.61 Å². The van der Waals surface area contributed by atoms with E-state index in [0.717, 1.165) is 16.7 Å². The molecule has 0 bridgehead atoms. The number of halogens is 1. The first-order valence-electron chi connectivity index (χ1n) is 8.33. The quantitative estimate of drug-likeness (QED) is 0.623. The molecule has 0 aliphatic heterocycles. The number of hydrogen-bond acceptors (Lipinski definition) is 3. The van der Waals surface area contributed by atoms with Crippen LogP contribution in [0.1, 0.15) is 21.5 Å². The summed E-state index contributed by atoms with van der Waals surface area (Å²) in [6.45, 7) is 1.86. The maximum Gasteiger partial charge on any atom is 0.255 e. The number of carbonyl (C=O) groups excluding carboxylic acids is 1. The second kappa shape index (κ2) is 8.17. The number of aromatic amines is 1. The van der Waals surface area contributed by atoms with Gasteiger partial charge in [0.2, 0.25) is 0 Å². The van der Waals surface area contributed by atoms with Crippen molar-refractivity contribution in [3.8, 4) is 11.3 Å². The fraction of sp³-hybridized carbons (Fsp3) is 0.200. The van der Waals surface area contributed by atoms with Gasteiger partial charge in [-0.05, 0) is 31.0 Å². The van der Waals surface area contributed by atoms with Gasteiger partial charge in [0.15, 0.2) is 0 Å². The van der Waals surface area contributed by atoms with Crippen LogP contribution in [0.2, 0.25) is 5.02 Å². The van der Waals surface area contributed by atoms with E-state index in [9.17, 15) is 9.90 Å². The summed E-state index contributed by atoms with van der Waals surface area (Å²) < 4.78 is 0. The summed E-state index contributed by atoms with van der Waals surface area (Å²) in [5.74, 6) is -0.291. The maximum absolute atomic E-state index is 12.7. The monoisotopic (exact) mass is 369 g/mol. The number of rotatable bonds is 6. The van der Waals surface area contributed by atoms with Crippen molar-refractivity contribution in [1.82, 2.24) is 15.5 Å². The molecule has 0 fully saturated rings. The molecule has 1 aromatic heterocycles. The van der Waals surface area contributed by atoms with E-state index in [-0.39, 0.29) is 18.6 Å². The number of carbonyl (C=O) groups is 1. The van der Waals surface area contributed by atoms with Gasteiger partial charge >= 0.3 is 0 Å². The summed E-state index contributed by atoms with van der Waals surface area (Å²) in [5, 5.41) is 20.0. The van der Waals surface area contributed by atoms with E-state index < -0.39 is 0 Å². The highest BCUT2D eigenvalue weighted by atomic mass is 35.5. The third-order valence-corrected chi connectivity index (χ3v) is 4.35. The molecule has 6 heteroatoms. The number of nitrogens with zero attached hydrogens (tertiary/aromatic N) is 1. The molecule has 0 radical (unpaired) electrons. The molecule has 1 heterocycles. The largest absolute Gasteiger partial charge is 0.394 e. The van der Waals surface area contributed by atoms with Crippen molar-refractivity contribution in [3.63, 3.8) is 0 Å². The zero-order valence-corrected chi connectivity index (χ0v) is 15.1. The molecule has 26 heavy (non-hydrogen) atoms. The minimum Gasteiger partial charge on any atom is -0.394 e. The summed E-state index contributed by atoms with van der Waals surface area (Å²) in [6, 6.07) is 14.8. The van der Waals surface area contributed by atoms with E-state index in [0.29, 0.717) is 22.7 Å². The Hall–Kier alpha value is -2.63. The first-order chi connectivity index (χ1) is 12.6. The van der Waals surface area contributed by atoms with E-state index in [1.165, 1.54) is 6.20 Å². The van der Waals surface area contributed by atoms with Gasteiger partial charge in [0.1, 0.15) is 0 Å². The average molecular weight is 370 g/mol. The Labute approximate surface area is 157 Å². The number of hydrogen-bond donors (Lipinski definition) is 3. The molecule has 5 nitrogen and oxygen atoms in total. The maximum atomic E-state index is 12.7. The van der Waals surface area contributed by atoms with E-state index in [4.69, 9.17) is 11.6 Å². The number of aryl methyl sites for hydroxylation is 1. The summed E-state index contributed by atoms with van der Waals surface area (Å²) in [4.78, 5) is 12.7. The molecule has 3 N–H and O–H groups in total. The zero-order valence-electron chi connectivity index (χ0n) is 14.4. The highest BCUT2D eigenvalue weighted by Crippen LogP contribution is 2.24. The van der Waals surface area contributed by atoms with Crippen LogP contribution in [0, 0.1) is 6.92 Å². The Kier molecular flexibility index (Phi) is 5.71. The van der Waals surface area contributed by atoms with Crippen LogP contribution in [-0.4, -0.2) is 33.9 Å². The molecule has 134 valence electrons. The lowest BCUT2D eigenvalue weighted by Crippen LogP contribution is -2.39. The van der Waals surface area contributed by atoms with Crippen LogP contribution in [0.3, 0.4) is 0 Å². The van der Waals surface area contributed by atoms with Crippen LogP contribution in [0.4, 0.5) is 0 Å². The van der Waals surface area contributed by atoms with Crippen LogP contribution in [-0.2, 0) is 6.42 Å². The standard InChI is InChI=1S/C20H20ClN3O2/c1-13-4-2-5-14(8-13)9-17(12-25)23-20(26)18-11-22-24-19(18)15-6-3-7-16(21)10-15/h2-8,10-11,17,25H,9,12H2,1H3,(H,22,24)(H,23,26). The normalized spacial score (nSPS) is 12.0. The van der Waals surface area contributed by atoms with Crippen LogP contribution in [0.25, 0.3) is 11.3 Å². The van der Waals surface area contributed by atoms with Gasteiger partial charge < -0.3 is 10.4 Å². The highest BCUT2D eigenvalue weighted by molar-refractivity contribution is 6.30. The molecular formula is C20H20ClN3O2. The van der Waals surface area contributed by atoms with Gasteiger partial charge in [-0.3, -0.25) is 9.89 Å². The molecule has 0 aliphatic carbocycles. The van der Waals surface area contributed by atoms with E-state index >= 15 is 0 Å². The Morgan fingerprint density at radius 2 is 2.08 bits per heavy atom. The number of aliphatic hydroxyl groups is 1. The van der Waals surface area contributed by atoms with Gasteiger partial charge in [0.05, 0.1) is 30.1 Å². The minimum absolute atomic E-state index is 0.149. The number of nitrogens with one attached hydrogen (secondary N) is 2. The predicted molar refractivity (Wildman–Crippen MR) is 102 cm³/mol. The third-order valence-electron chi connectivity index (χ3n) is 4.12. The van der Waals surface area contributed by atoms with Crippen molar-refractivity contribution >= 4 is 17.5 Å². The van der Waals surface area contributed by atoms with Crippen molar-refractivity contribution in [2.24, 2.45) is 0 Å². The van der Waals surface area contributed by atoms with E-state index in [1.54, 1.807) is 12.1 Å². The minimum atomic E-state index is -0.383. The zero-order chi connectivity index (χ0) is 18.5. The Balaban J connectivity index is 1.76. The number of benzene rings is 2. The molecule has 1 amide bonds. The molecule has 3 aromatic rings. The Bertz CT molecular complexity index is 907. The second-order valence-corrected chi connectivity index (χ2v) is 6.65. The van der Waals surface area contributed by atoms with Gasteiger partial charge in [0.25, 0.3) is 5.91 Å². The number of H-pyrrole nitrogens is 1. The fourth-order valence-corrected chi connectivity index (χ4v) is 3.06. The predicted octanol–water partition coefficient (Wildman–Crippen LogP) is 3.37. The molecule has 1 unspecified atom stereocenters. The highest BCUT2D eigenvalue weighted by Gasteiger charge is 2.19. The van der Waals surface area contributed by atoms with Crippen LogP contribution in [0.5, 0.6) is 0 Å². The van der Waals surface area contributed by atoms with Crippen molar-refractivity contribution in [2.45, 2.75) is 19.4 Å². The fourth-order valence-electron chi connectivity index (χ4n) is 2.87. The molecule has 0 saturated carbocycles. The molecule has 0 aliphatic rings. The molecule has 3 rings (SSSR count). The molecule has 0 spiro atoms. The first-order valence-corrected chi connectivity index (χ1v) is 8.71. The topological polar surface area (TPSA) is 78.0 Å². The van der Waals surface area contributed by atoms with Crippen molar-refractivity contribution < 1.29 is 9.90 Å². The van der Waals surface area contributed by atoms with Gasteiger partial charge in [-0.2, -0.15) is 5.10 Å². The Morgan fingerprint density at radius 1 is 1.27 bits per heavy atom. The summed E-state index contributed by atoms with van der Waals surface area (Å²) >= 11 is 6.04. The SMILES string of the molecule is Cc1cccc(CC(CO)NC(=O)c2cn[nH]c2-c2cccc(Cl)c2)c1. The number of aromatic nitrogens is 2. The van der Waals surface area contributed by atoms with Gasteiger partial charge in [-0.15, -0.1) is 0 Å². The molecular weight excluding hydrogens is 350 g/mol. The van der Waals surface area contributed by atoms with Crippen LogP contribution < -0.4 is 5.32 Å². The third kappa shape index (κ3) is 4.31. The molecule has 1 atom stereocenters. The molecule has 2 aromatic carbocycles. The van der Waals surface area contributed by atoms with Crippen LogP contribution in [0.15, 0.2) is 54.7 Å². The lowest BCUT2D eigenvalue weighted by molar-refractivity contribution is 0.0917. The average Bonchev–Trinajstić information content (AvgIpc) is 3.11. The van der Waals surface area contributed by atoms with Gasteiger partial charge in [-0.25, -0.2) is 0 Å². The number of amides is 1. The van der Waals surface area contributed by atoms with Gasteiger partial charge in [0, 0.05) is 10.6 Å². The first kappa shape index (κ1) is 18.2. The van der Waals surface area contributed by atoms with Gasteiger partial charge in [-0.1, -0.05) is 53.6 Å². The Morgan fingerprint density at radius 3 is 2.81 bits per heavy atom. The van der Waals surface area contributed by atoms with E-state index in [2.05, 4.69) is 15.5 Å². The lowest BCUT2D eigenvalue weighted by Gasteiger charge is -2.17. The lowest BCUT2D eigenvalue weighted by atomic mass is 10.0.